The Morgan fingerprint density at radius 1 is 1.10 bits per heavy atom. The van der Waals surface area contributed by atoms with Crippen molar-refractivity contribution in [2.45, 2.75) is 6.54 Å². The number of aromatic nitrogens is 2. The van der Waals surface area contributed by atoms with Gasteiger partial charge >= 0.3 is 0 Å². The van der Waals surface area contributed by atoms with Gasteiger partial charge in [0.15, 0.2) is 0 Å². The Morgan fingerprint density at radius 3 is 2.50 bits per heavy atom. The van der Waals surface area contributed by atoms with Crippen LogP contribution in [0.2, 0.25) is 0 Å². The number of hydrogen-bond donors (Lipinski definition) is 1. The molecule has 1 N–H and O–H groups in total. The van der Waals surface area contributed by atoms with Gasteiger partial charge in [-0.1, -0.05) is 34.1 Å². The van der Waals surface area contributed by atoms with E-state index in [2.05, 4.69) is 42.2 Å². The van der Waals surface area contributed by atoms with Crippen LogP contribution in [0, 0.1) is 0 Å². The Kier molecular flexibility index (Phi) is 4.40. The molecule has 0 atom stereocenters. The zero-order chi connectivity index (χ0) is 13.8. The molecule has 0 unspecified atom stereocenters. The first-order valence-corrected chi connectivity index (χ1v) is 7.61. The molecule has 5 heteroatoms. The Hall–Kier alpha value is -1.30. The maximum Gasteiger partial charge on any atom is 0.142 e. The quantitative estimate of drug-likeness (QED) is 0.936. The predicted molar refractivity (Wildman–Crippen MR) is 83.3 cm³/mol. The molecule has 1 aliphatic heterocycles. The lowest BCUT2D eigenvalue weighted by atomic mass is 10.1. The lowest BCUT2D eigenvalue weighted by molar-refractivity contribution is 0.228. The number of rotatable bonds is 3. The smallest absolute Gasteiger partial charge is 0.142 e. The highest BCUT2D eigenvalue weighted by Crippen LogP contribution is 2.26. The van der Waals surface area contributed by atoms with Crippen LogP contribution >= 0.6 is 15.9 Å². The van der Waals surface area contributed by atoms with Crippen LogP contribution in [0.4, 0.5) is 0 Å². The molecule has 2 heterocycles. The number of piperazine rings is 1. The summed E-state index contributed by atoms with van der Waals surface area (Å²) < 4.78 is 1.07. The summed E-state index contributed by atoms with van der Waals surface area (Å²) in [5.74, 6) is 0.891. The van der Waals surface area contributed by atoms with Gasteiger partial charge in [-0.05, 0) is 11.6 Å². The van der Waals surface area contributed by atoms with Crippen molar-refractivity contribution in [2.75, 3.05) is 26.2 Å². The molecule has 0 amide bonds. The summed E-state index contributed by atoms with van der Waals surface area (Å²) in [5, 5.41) is 3.35. The molecule has 1 aromatic carbocycles. The van der Waals surface area contributed by atoms with E-state index in [-0.39, 0.29) is 0 Å². The minimum atomic E-state index is 0.831. The van der Waals surface area contributed by atoms with Gasteiger partial charge in [0.1, 0.15) is 5.82 Å². The number of halogens is 1. The van der Waals surface area contributed by atoms with Crippen molar-refractivity contribution in [3.8, 4) is 11.1 Å². The first kappa shape index (κ1) is 13.7. The highest BCUT2D eigenvalue weighted by Gasteiger charge is 2.11. The van der Waals surface area contributed by atoms with Gasteiger partial charge in [-0.2, -0.15) is 0 Å². The molecule has 0 spiro atoms. The molecule has 0 saturated carbocycles. The van der Waals surface area contributed by atoms with Gasteiger partial charge in [-0.15, -0.1) is 0 Å². The van der Waals surface area contributed by atoms with Gasteiger partial charge in [0.25, 0.3) is 0 Å². The highest BCUT2D eigenvalue weighted by molar-refractivity contribution is 9.10. The molecule has 2 aromatic rings. The zero-order valence-corrected chi connectivity index (χ0v) is 12.8. The lowest BCUT2D eigenvalue weighted by Crippen LogP contribution is -2.43. The molecule has 4 nitrogen and oxygen atoms in total. The van der Waals surface area contributed by atoms with E-state index < -0.39 is 0 Å². The second-order valence-electron chi connectivity index (χ2n) is 4.89. The highest BCUT2D eigenvalue weighted by atomic mass is 79.9. The van der Waals surface area contributed by atoms with Crippen LogP contribution in [-0.4, -0.2) is 41.0 Å². The molecule has 104 valence electrons. The van der Waals surface area contributed by atoms with Gasteiger partial charge in [0.2, 0.25) is 0 Å². The Morgan fingerprint density at radius 2 is 1.80 bits per heavy atom. The molecule has 0 bridgehead atoms. The fraction of sp³-hybridized carbons (Fsp3) is 0.333. The molecule has 3 rings (SSSR count). The Bertz CT molecular complexity index is 564. The number of nitrogens with one attached hydrogen (secondary N) is 1. The van der Waals surface area contributed by atoms with Gasteiger partial charge in [0.05, 0.1) is 6.54 Å². The normalized spacial score (nSPS) is 16.2. The maximum atomic E-state index is 4.50. The lowest BCUT2D eigenvalue weighted by Gasteiger charge is -2.26. The minimum absolute atomic E-state index is 0.831. The van der Waals surface area contributed by atoms with E-state index in [0.717, 1.165) is 54.1 Å². The monoisotopic (exact) mass is 332 g/mol. The number of hydrogen-bond acceptors (Lipinski definition) is 4. The maximum absolute atomic E-state index is 4.50. The van der Waals surface area contributed by atoms with Crippen molar-refractivity contribution in [1.29, 1.82) is 0 Å². The molecule has 1 fully saturated rings. The summed E-state index contributed by atoms with van der Waals surface area (Å²) in [6.07, 6.45) is 3.81. The standard InChI is InChI=1S/C15H17BrN4/c16-14-4-2-1-3-13(14)12-9-18-15(19-10-12)11-20-7-5-17-6-8-20/h1-4,9-10,17H,5-8,11H2. The number of benzene rings is 1. The van der Waals surface area contributed by atoms with Crippen molar-refractivity contribution < 1.29 is 0 Å². The largest absolute Gasteiger partial charge is 0.314 e. The fourth-order valence-electron chi connectivity index (χ4n) is 2.34. The third kappa shape index (κ3) is 3.23. The van der Waals surface area contributed by atoms with Crippen molar-refractivity contribution in [2.24, 2.45) is 0 Å². The van der Waals surface area contributed by atoms with E-state index >= 15 is 0 Å². The molecular formula is C15H17BrN4. The van der Waals surface area contributed by atoms with Gasteiger partial charge in [-0.3, -0.25) is 4.90 Å². The summed E-state index contributed by atoms with van der Waals surface area (Å²) in [6, 6.07) is 8.13. The van der Waals surface area contributed by atoms with Crippen LogP contribution in [0.5, 0.6) is 0 Å². The minimum Gasteiger partial charge on any atom is -0.314 e. The third-order valence-corrected chi connectivity index (χ3v) is 4.16. The van der Waals surface area contributed by atoms with Gasteiger partial charge in [0, 0.05) is 48.6 Å². The average Bonchev–Trinajstić information content (AvgIpc) is 2.50. The van der Waals surface area contributed by atoms with Crippen molar-refractivity contribution in [1.82, 2.24) is 20.2 Å². The van der Waals surface area contributed by atoms with E-state index in [4.69, 9.17) is 0 Å². The zero-order valence-electron chi connectivity index (χ0n) is 11.2. The summed E-state index contributed by atoms with van der Waals surface area (Å²) in [5.41, 5.74) is 2.17. The molecular weight excluding hydrogens is 316 g/mol. The van der Waals surface area contributed by atoms with E-state index in [1.165, 1.54) is 0 Å². The Balaban J connectivity index is 1.73. The molecule has 1 aliphatic rings. The molecule has 1 saturated heterocycles. The van der Waals surface area contributed by atoms with Crippen molar-refractivity contribution >= 4 is 15.9 Å². The van der Waals surface area contributed by atoms with Crippen LogP contribution in [0.25, 0.3) is 11.1 Å². The van der Waals surface area contributed by atoms with Crippen molar-refractivity contribution in [3.05, 3.63) is 47.0 Å². The van der Waals surface area contributed by atoms with Crippen LogP contribution in [0.3, 0.4) is 0 Å². The van der Waals surface area contributed by atoms with E-state index in [9.17, 15) is 0 Å². The summed E-state index contributed by atoms with van der Waals surface area (Å²) in [4.78, 5) is 11.4. The first-order chi connectivity index (χ1) is 9.83. The summed E-state index contributed by atoms with van der Waals surface area (Å²) in [7, 11) is 0. The number of nitrogens with zero attached hydrogens (tertiary/aromatic N) is 3. The summed E-state index contributed by atoms with van der Waals surface area (Å²) >= 11 is 3.56. The molecule has 0 radical (unpaired) electrons. The van der Waals surface area contributed by atoms with Crippen LogP contribution in [-0.2, 0) is 6.54 Å². The van der Waals surface area contributed by atoms with Crippen molar-refractivity contribution in [3.63, 3.8) is 0 Å². The van der Waals surface area contributed by atoms with E-state index in [0.29, 0.717) is 0 Å². The second-order valence-corrected chi connectivity index (χ2v) is 5.75. The van der Waals surface area contributed by atoms with E-state index in [1.54, 1.807) is 0 Å². The summed E-state index contributed by atoms with van der Waals surface area (Å²) in [6.45, 7) is 5.06. The van der Waals surface area contributed by atoms with Gasteiger partial charge < -0.3 is 5.32 Å². The fourth-order valence-corrected chi connectivity index (χ4v) is 2.85. The average molecular weight is 333 g/mol. The SMILES string of the molecule is Brc1ccccc1-c1cnc(CN2CCNCC2)nc1. The Labute approximate surface area is 127 Å². The predicted octanol–water partition coefficient (Wildman–Crippen LogP) is 2.31. The first-order valence-electron chi connectivity index (χ1n) is 6.82. The van der Waals surface area contributed by atoms with Crippen LogP contribution < -0.4 is 5.32 Å². The van der Waals surface area contributed by atoms with Crippen LogP contribution in [0.15, 0.2) is 41.1 Å². The third-order valence-electron chi connectivity index (χ3n) is 3.46. The second kappa shape index (κ2) is 6.43. The topological polar surface area (TPSA) is 41.1 Å². The van der Waals surface area contributed by atoms with Crippen LogP contribution in [0.1, 0.15) is 5.82 Å². The molecule has 20 heavy (non-hydrogen) atoms. The van der Waals surface area contributed by atoms with E-state index in [1.807, 2.05) is 30.6 Å². The molecule has 0 aliphatic carbocycles. The molecule has 1 aromatic heterocycles. The van der Waals surface area contributed by atoms with Gasteiger partial charge in [-0.25, -0.2) is 9.97 Å².